The molecule has 1 rings (SSSR count). The number of ketones is 1. The molecule has 0 spiro atoms. The average Bonchev–Trinajstić information content (AvgIpc) is 2.35. The van der Waals surface area contributed by atoms with Crippen LogP contribution in [0.15, 0.2) is 24.3 Å². The lowest BCUT2D eigenvalue weighted by molar-refractivity contribution is 0.0987. The molecule has 88 valence electrons. The second-order valence-electron chi connectivity index (χ2n) is 3.84. The highest BCUT2D eigenvalue weighted by atomic mass is 16.5. The van der Waals surface area contributed by atoms with Crippen molar-refractivity contribution < 1.29 is 9.53 Å². The van der Waals surface area contributed by atoms with Crippen LogP contribution in [0.4, 0.5) is 0 Å². The van der Waals surface area contributed by atoms with Crippen molar-refractivity contribution in [3.8, 4) is 5.75 Å². The molecule has 0 aliphatic carbocycles. The van der Waals surface area contributed by atoms with Gasteiger partial charge in [0.15, 0.2) is 5.78 Å². The van der Waals surface area contributed by atoms with E-state index < -0.39 is 0 Å². The Morgan fingerprint density at radius 3 is 2.50 bits per heavy atom. The second kappa shape index (κ2) is 6.28. The summed E-state index contributed by atoms with van der Waals surface area (Å²) in [5, 5.41) is 3.18. The minimum Gasteiger partial charge on any atom is -0.497 e. The van der Waals surface area contributed by atoms with Gasteiger partial charge in [0.05, 0.1) is 13.7 Å². The number of ether oxygens (including phenoxy) is 1. The molecule has 3 heteroatoms. The first-order chi connectivity index (χ1) is 7.67. The van der Waals surface area contributed by atoms with Gasteiger partial charge in [-0.05, 0) is 37.6 Å². The number of rotatable bonds is 6. The van der Waals surface area contributed by atoms with Crippen LogP contribution in [-0.4, -0.2) is 25.5 Å². The number of Topliss-reactive ketones (excluding diaryl/α,β-unsaturated/α-hetero) is 1. The minimum atomic E-state index is 0.114. The van der Waals surface area contributed by atoms with Crippen LogP contribution in [0.5, 0.6) is 5.75 Å². The van der Waals surface area contributed by atoms with E-state index in [1.165, 1.54) is 0 Å². The standard InChI is InChI=1S/C13H19NO2/c1-4-10(2)14-9-13(15)11-5-7-12(16-3)8-6-11/h5-8,10,14H,4,9H2,1-3H3. The van der Waals surface area contributed by atoms with Gasteiger partial charge >= 0.3 is 0 Å². The molecule has 1 aromatic carbocycles. The summed E-state index contributed by atoms with van der Waals surface area (Å²) in [5.74, 6) is 0.884. The monoisotopic (exact) mass is 221 g/mol. The number of hydrogen-bond acceptors (Lipinski definition) is 3. The lowest BCUT2D eigenvalue weighted by Gasteiger charge is -2.10. The lowest BCUT2D eigenvalue weighted by Crippen LogP contribution is -2.30. The average molecular weight is 221 g/mol. The summed E-state index contributed by atoms with van der Waals surface area (Å²) >= 11 is 0. The molecule has 0 aliphatic rings. The topological polar surface area (TPSA) is 38.3 Å². The molecule has 1 N–H and O–H groups in total. The van der Waals surface area contributed by atoms with E-state index in [9.17, 15) is 4.79 Å². The van der Waals surface area contributed by atoms with Crippen LogP contribution in [0.25, 0.3) is 0 Å². The molecule has 1 unspecified atom stereocenters. The summed E-state index contributed by atoms with van der Waals surface area (Å²) in [4.78, 5) is 11.8. The Bertz CT molecular complexity index is 332. The number of methoxy groups -OCH3 is 1. The molecule has 1 aromatic rings. The predicted molar refractivity (Wildman–Crippen MR) is 65.1 cm³/mol. The summed E-state index contributed by atoms with van der Waals surface area (Å²) in [7, 11) is 1.61. The fourth-order valence-corrected chi connectivity index (χ4v) is 1.29. The van der Waals surface area contributed by atoms with E-state index in [0.29, 0.717) is 12.6 Å². The first kappa shape index (κ1) is 12.7. The Balaban J connectivity index is 2.52. The first-order valence-corrected chi connectivity index (χ1v) is 5.58. The zero-order chi connectivity index (χ0) is 12.0. The van der Waals surface area contributed by atoms with E-state index in [-0.39, 0.29) is 5.78 Å². The number of benzene rings is 1. The third-order valence-electron chi connectivity index (χ3n) is 2.64. The van der Waals surface area contributed by atoms with Crippen molar-refractivity contribution in [2.24, 2.45) is 0 Å². The molecule has 1 atom stereocenters. The van der Waals surface area contributed by atoms with Crippen LogP contribution in [0.2, 0.25) is 0 Å². The zero-order valence-corrected chi connectivity index (χ0v) is 10.1. The Hall–Kier alpha value is -1.35. The summed E-state index contributed by atoms with van der Waals surface area (Å²) in [6.07, 6.45) is 1.02. The fraction of sp³-hybridized carbons (Fsp3) is 0.462. The number of carbonyl (C=O) groups is 1. The maximum atomic E-state index is 11.8. The van der Waals surface area contributed by atoms with Gasteiger partial charge in [-0.25, -0.2) is 0 Å². The van der Waals surface area contributed by atoms with Crippen LogP contribution < -0.4 is 10.1 Å². The minimum absolute atomic E-state index is 0.114. The van der Waals surface area contributed by atoms with E-state index >= 15 is 0 Å². The molecule has 16 heavy (non-hydrogen) atoms. The van der Waals surface area contributed by atoms with Crippen LogP contribution in [0, 0.1) is 0 Å². The Kier molecular flexibility index (Phi) is 4.99. The summed E-state index contributed by atoms with van der Waals surface area (Å²) in [6, 6.07) is 7.56. The quantitative estimate of drug-likeness (QED) is 0.749. The second-order valence-corrected chi connectivity index (χ2v) is 3.84. The number of carbonyl (C=O) groups excluding carboxylic acids is 1. The van der Waals surface area contributed by atoms with Crippen LogP contribution >= 0.6 is 0 Å². The van der Waals surface area contributed by atoms with Gasteiger partial charge in [-0.3, -0.25) is 4.79 Å². The van der Waals surface area contributed by atoms with Crippen molar-refractivity contribution >= 4 is 5.78 Å². The van der Waals surface area contributed by atoms with Gasteiger partial charge in [-0.2, -0.15) is 0 Å². The van der Waals surface area contributed by atoms with Crippen LogP contribution in [-0.2, 0) is 0 Å². The molecule has 0 saturated heterocycles. The summed E-state index contributed by atoms with van der Waals surface area (Å²) < 4.78 is 5.04. The van der Waals surface area contributed by atoms with Crippen molar-refractivity contribution in [2.75, 3.05) is 13.7 Å². The van der Waals surface area contributed by atoms with Crippen molar-refractivity contribution in [3.05, 3.63) is 29.8 Å². The molecular formula is C13H19NO2. The molecule has 0 heterocycles. The van der Waals surface area contributed by atoms with E-state index in [4.69, 9.17) is 4.74 Å². The zero-order valence-electron chi connectivity index (χ0n) is 10.1. The molecule has 0 amide bonds. The highest BCUT2D eigenvalue weighted by Gasteiger charge is 2.06. The van der Waals surface area contributed by atoms with Crippen molar-refractivity contribution in [2.45, 2.75) is 26.3 Å². The van der Waals surface area contributed by atoms with Crippen LogP contribution in [0.1, 0.15) is 30.6 Å². The third kappa shape index (κ3) is 3.66. The van der Waals surface area contributed by atoms with Gasteiger partial charge in [-0.15, -0.1) is 0 Å². The van der Waals surface area contributed by atoms with Crippen molar-refractivity contribution in [1.82, 2.24) is 5.32 Å². The molecule has 0 fully saturated rings. The largest absolute Gasteiger partial charge is 0.497 e. The van der Waals surface area contributed by atoms with Gasteiger partial charge in [0.1, 0.15) is 5.75 Å². The number of nitrogens with one attached hydrogen (secondary N) is 1. The molecule has 0 bridgehead atoms. The van der Waals surface area contributed by atoms with Gasteiger partial charge in [0, 0.05) is 11.6 Å². The molecule has 0 aliphatic heterocycles. The van der Waals surface area contributed by atoms with E-state index in [1.54, 1.807) is 31.4 Å². The lowest BCUT2D eigenvalue weighted by atomic mass is 10.1. The highest BCUT2D eigenvalue weighted by Crippen LogP contribution is 2.11. The molecular weight excluding hydrogens is 202 g/mol. The molecule has 0 radical (unpaired) electrons. The molecule has 3 nitrogen and oxygen atoms in total. The summed E-state index contributed by atoms with van der Waals surface area (Å²) in [6.45, 7) is 4.55. The van der Waals surface area contributed by atoms with Gasteiger partial charge in [0.25, 0.3) is 0 Å². The van der Waals surface area contributed by atoms with Gasteiger partial charge in [0.2, 0.25) is 0 Å². The van der Waals surface area contributed by atoms with Crippen molar-refractivity contribution in [3.63, 3.8) is 0 Å². The van der Waals surface area contributed by atoms with E-state index in [1.807, 2.05) is 0 Å². The normalized spacial score (nSPS) is 12.2. The molecule has 0 saturated carbocycles. The highest BCUT2D eigenvalue weighted by molar-refractivity contribution is 5.97. The first-order valence-electron chi connectivity index (χ1n) is 5.58. The van der Waals surface area contributed by atoms with Crippen molar-refractivity contribution in [1.29, 1.82) is 0 Å². The molecule has 0 aromatic heterocycles. The van der Waals surface area contributed by atoms with Crippen LogP contribution in [0.3, 0.4) is 0 Å². The van der Waals surface area contributed by atoms with Gasteiger partial charge < -0.3 is 10.1 Å². The SMILES string of the molecule is CCC(C)NCC(=O)c1ccc(OC)cc1. The van der Waals surface area contributed by atoms with E-state index in [2.05, 4.69) is 19.2 Å². The fourth-order valence-electron chi connectivity index (χ4n) is 1.29. The maximum Gasteiger partial charge on any atom is 0.176 e. The predicted octanol–water partition coefficient (Wildman–Crippen LogP) is 2.27. The van der Waals surface area contributed by atoms with E-state index in [0.717, 1.165) is 17.7 Å². The maximum absolute atomic E-state index is 11.8. The Morgan fingerprint density at radius 2 is 2.00 bits per heavy atom. The Morgan fingerprint density at radius 1 is 1.38 bits per heavy atom. The Labute approximate surface area is 96.8 Å². The number of hydrogen-bond donors (Lipinski definition) is 1. The third-order valence-corrected chi connectivity index (χ3v) is 2.64. The smallest absolute Gasteiger partial charge is 0.176 e. The summed E-state index contributed by atoms with van der Waals surface area (Å²) in [5.41, 5.74) is 0.719. The van der Waals surface area contributed by atoms with Gasteiger partial charge in [-0.1, -0.05) is 6.92 Å².